The van der Waals surface area contributed by atoms with Gasteiger partial charge in [-0.25, -0.2) is 4.79 Å². The number of carbonyl (C=O) groups is 2. The first kappa shape index (κ1) is 16.0. The highest BCUT2D eigenvalue weighted by Crippen LogP contribution is 2.14. The predicted octanol–water partition coefficient (Wildman–Crippen LogP) is 1.04. The van der Waals surface area contributed by atoms with E-state index in [9.17, 15) is 9.59 Å². The number of carboxylic acids is 1. The molecule has 0 aromatic heterocycles. The van der Waals surface area contributed by atoms with E-state index in [2.05, 4.69) is 10.6 Å². The van der Waals surface area contributed by atoms with Gasteiger partial charge >= 0.3 is 5.97 Å². The van der Waals surface area contributed by atoms with Gasteiger partial charge in [0, 0.05) is 12.7 Å². The van der Waals surface area contributed by atoms with E-state index in [1.54, 1.807) is 31.3 Å². The maximum Gasteiger partial charge on any atom is 0.326 e. The van der Waals surface area contributed by atoms with E-state index in [-0.39, 0.29) is 0 Å². The van der Waals surface area contributed by atoms with Crippen LogP contribution in [0.3, 0.4) is 0 Å². The van der Waals surface area contributed by atoms with E-state index >= 15 is 0 Å². The monoisotopic (exact) mass is 279 g/mol. The second-order valence-electron chi connectivity index (χ2n) is 4.44. The number of amides is 1. The van der Waals surface area contributed by atoms with Crippen LogP contribution in [0.5, 0.6) is 0 Å². The molecule has 0 spiro atoms. The Morgan fingerprint density at radius 3 is 2.60 bits per heavy atom. The van der Waals surface area contributed by atoms with E-state index in [1.807, 2.05) is 0 Å². The molecule has 1 rings (SSSR count). The Morgan fingerprint density at radius 1 is 1.30 bits per heavy atom. The molecule has 1 atom stereocenters. The van der Waals surface area contributed by atoms with Crippen molar-refractivity contribution in [3.05, 3.63) is 29.8 Å². The molecule has 6 nitrogen and oxygen atoms in total. The van der Waals surface area contributed by atoms with Crippen molar-refractivity contribution in [1.29, 1.82) is 0 Å². The molecule has 20 heavy (non-hydrogen) atoms. The van der Waals surface area contributed by atoms with Crippen molar-refractivity contribution in [2.24, 2.45) is 5.73 Å². The third kappa shape index (κ3) is 4.55. The van der Waals surface area contributed by atoms with Crippen LogP contribution in [0.15, 0.2) is 24.3 Å². The number of rotatable bonds is 8. The molecule has 0 radical (unpaired) electrons. The number of carboxylic acid groups (broad SMARTS) is 1. The lowest BCUT2D eigenvalue weighted by Crippen LogP contribution is -2.41. The average Bonchev–Trinajstić information content (AvgIpc) is 2.46. The number of unbranched alkanes of at least 4 members (excludes halogenated alkanes) is 1. The van der Waals surface area contributed by atoms with Crippen molar-refractivity contribution < 1.29 is 14.7 Å². The largest absolute Gasteiger partial charge is 0.480 e. The van der Waals surface area contributed by atoms with Gasteiger partial charge in [-0.05, 0) is 37.9 Å². The Kier molecular flexibility index (Phi) is 6.52. The summed E-state index contributed by atoms with van der Waals surface area (Å²) in [4.78, 5) is 23.3. The molecule has 0 aliphatic carbocycles. The van der Waals surface area contributed by atoms with Crippen molar-refractivity contribution in [1.82, 2.24) is 5.32 Å². The molecule has 0 aliphatic rings. The topological polar surface area (TPSA) is 104 Å². The zero-order valence-corrected chi connectivity index (χ0v) is 11.6. The van der Waals surface area contributed by atoms with Crippen LogP contribution in [-0.4, -0.2) is 36.6 Å². The van der Waals surface area contributed by atoms with Crippen LogP contribution < -0.4 is 16.4 Å². The number of carbonyl (C=O) groups excluding carboxylic acids is 1. The van der Waals surface area contributed by atoms with Crippen LogP contribution in [-0.2, 0) is 4.79 Å². The highest BCUT2D eigenvalue weighted by molar-refractivity contribution is 6.01. The van der Waals surface area contributed by atoms with E-state index < -0.39 is 17.9 Å². The molecule has 0 fully saturated rings. The van der Waals surface area contributed by atoms with Crippen molar-refractivity contribution in [2.75, 3.05) is 18.9 Å². The Labute approximate surface area is 118 Å². The van der Waals surface area contributed by atoms with Gasteiger partial charge in [0.2, 0.25) is 0 Å². The minimum Gasteiger partial charge on any atom is -0.480 e. The highest BCUT2D eigenvalue weighted by Gasteiger charge is 2.21. The third-order valence-electron chi connectivity index (χ3n) is 2.99. The number of aliphatic carboxylic acids is 1. The zero-order chi connectivity index (χ0) is 15.0. The normalized spacial score (nSPS) is 11.7. The lowest BCUT2D eigenvalue weighted by Gasteiger charge is -2.15. The van der Waals surface area contributed by atoms with Gasteiger partial charge in [0.1, 0.15) is 6.04 Å². The number of para-hydroxylation sites is 1. The number of anilines is 1. The second kappa shape index (κ2) is 8.16. The lowest BCUT2D eigenvalue weighted by molar-refractivity contribution is -0.139. The van der Waals surface area contributed by atoms with Gasteiger partial charge < -0.3 is 21.5 Å². The molecular formula is C14H21N3O3. The maximum absolute atomic E-state index is 12.1. The summed E-state index contributed by atoms with van der Waals surface area (Å²) in [5.74, 6) is -1.42. The molecule has 0 bridgehead atoms. The van der Waals surface area contributed by atoms with E-state index in [1.165, 1.54) is 0 Å². The molecular weight excluding hydrogens is 258 g/mol. The van der Waals surface area contributed by atoms with Crippen LogP contribution >= 0.6 is 0 Å². The summed E-state index contributed by atoms with van der Waals surface area (Å²) < 4.78 is 0. The maximum atomic E-state index is 12.1. The molecule has 0 saturated heterocycles. The lowest BCUT2D eigenvalue weighted by atomic mass is 10.1. The van der Waals surface area contributed by atoms with Gasteiger partial charge in [0.05, 0.1) is 5.56 Å². The minimum atomic E-state index is -1.03. The fraction of sp³-hybridized carbons (Fsp3) is 0.429. The number of nitrogens with one attached hydrogen (secondary N) is 2. The zero-order valence-electron chi connectivity index (χ0n) is 11.6. The predicted molar refractivity (Wildman–Crippen MR) is 77.8 cm³/mol. The average molecular weight is 279 g/mol. The second-order valence-corrected chi connectivity index (χ2v) is 4.44. The molecule has 0 saturated carbocycles. The number of benzene rings is 1. The molecule has 0 aliphatic heterocycles. The van der Waals surface area contributed by atoms with Crippen molar-refractivity contribution >= 4 is 17.6 Å². The fourth-order valence-electron chi connectivity index (χ4n) is 1.89. The molecule has 0 heterocycles. The molecule has 1 aromatic carbocycles. The summed E-state index contributed by atoms with van der Waals surface area (Å²) in [7, 11) is 1.71. The molecule has 5 N–H and O–H groups in total. The van der Waals surface area contributed by atoms with Crippen LogP contribution in [0.2, 0.25) is 0 Å². The van der Waals surface area contributed by atoms with Crippen LogP contribution in [0.4, 0.5) is 5.69 Å². The Bertz CT molecular complexity index is 463. The fourth-order valence-corrected chi connectivity index (χ4v) is 1.89. The van der Waals surface area contributed by atoms with Gasteiger partial charge in [0.25, 0.3) is 5.91 Å². The first-order valence-electron chi connectivity index (χ1n) is 6.60. The van der Waals surface area contributed by atoms with E-state index in [0.29, 0.717) is 30.6 Å². The van der Waals surface area contributed by atoms with Crippen molar-refractivity contribution in [3.8, 4) is 0 Å². The van der Waals surface area contributed by atoms with E-state index in [4.69, 9.17) is 10.8 Å². The van der Waals surface area contributed by atoms with Crippen LogP contribution in [0, 0.1) is 0 Å². The summed E-state index contributed by atoms with van der Waals surface area (Å²) in [6, 6.07) is 6.07. The molecule has 1 aromatic rings. The van der Waals surface area contributed by atoms with Gasteiger partial charge in [-0.1, -0.05) is 12.1 Å². The van der Waals surface area contributed by atoms with Crippen molar-refractivity contribution in [2.45, 2.75) is 25.3 Å². The Balaban J connectivity index is 2.72. The summed E-state index contributed by atoms with van der Waals surface area (Å²) >= 11 is 0. The van der Waals surface area contributed by atoms with Crippen molar-refractivity contribution in [3.63, 3.8) is 0 Å². The van der Waals surface area contributed by atoms with E-state index in [0.717, 1.165) is 6.42 Å². The van der Waals surface area contributed by atoms with Crippen LogP contribution in [0.1, 0.15) is 29.6 Å². The summed E-state index contributed by atoms with van der Waals surface area (Å²) in [6.07, 6.45) is 1.79. The summed E-state index contributed by atoms with van der Waals surface area (Å²) in [5.41, 5.74) is 6.47. The quantitative estimate of drug-likeness (QED) is 0.532. The number of hydrogen-bond acceptors (Lipinski definition) is 4. The minimum absolute atomic E-state index is 0.375. The summed E-state index contributed by atoms with van der Waals surface area (Å²) in [5, 5.41) is 14.6. The Morgan fingerprint density at radius 2 is 2.00 bits per heavy atom. The van der Waals surface area contributed by atoms with Gasteiger partial charge in [0.15, 0.2) is 0 Å². The SMILES string of the molecule is CNc1ccccc1C(=O)N[C@@H](CCCCN)C(=O)O. The van der Waals surface area contributed by atoms with Gasteiger partial charge in [-0.3, -0.25) is 4.79 Å². The van der Waals surface area contributed by atoms with Gasteiger partial charge in [-0.2, -0.15) is 0 Å². The first-order chi connectivity index (χ1) is 9.60. The first-order valence-corrected chi connectivity index (χ1v) is 6.60. The summed E-state index contributed by atoms with van der Waals surface area (Å²) in [6.45, 7) is 0.517. The Hall–Kier alpha value is -2.08. The molecule has 0 unspecified atom stereocenters. The molecule has 6 heteroatoms. The molecule has 1 amide bonds. The number of hydrogen-bond donors (Lipinski definition) is 4. The number of nitrogens with two attached hydrogens (primary N) is 1. The highest BCUT2D eigenvalue weighted by atomic mass is 16.4. The third-order valence-corrected chi connectivity index (χ3v) is 2.99. The standard InChI is InChI=1S/C14H21N3O3/c1-16-11-7-3-2-6-10(11)13(18)17-12(14(19)20)8-4-5-9-15/h2-3,6-7,12,16H,4-5,8-9,15H2,1H3,(H,17,18)(H,19,20)/t12-/m0/s1. The smallest absolute Gasteiger partial charge is 0.326 e. The molecule has 110 valence electrons. The van der Waals surface area contributed by atoms with Gasteiger partial charge in [-0.15, -0.1) is 0 Å². The van der Waals surface area contributed by atoms with Crippen LogP contribution in [0.25, 0.3) is 0 Å².